The van der Waals surface area contributed by atoms with Crippen LogP contribution < -0.4 is 10.2 Å². The van der Waals surface area contributed by atoms with E-state index in [9.17, 15) is 13.2 Å². The first-order valence-corrected chi connectivity index (χ1v) is 13.3. The van der Waals surface area contributed by atoms with Gasteiger partial charge in [-0.15, -0.1) is 11.3 Å². The standard InChI is InChI=1S/C21H25ClN6O3S2/c1-26(2)21-25-16-11-17(23-12-18(16)32-21)20(29)27-5-7-28(8-6-27)33(30,31)19-10-13-9-14(22)3-4-15(13)24-19/h3-4,9-10,17,23-24H,5-8,11-12H2,1-2H3. The van der Waals surface area contributed by atoms with Gasteiger partial charge in [0.15, 0.2) is 5.13 Å². The zero-order chi connectivity index (χ0) is 23.3. The predicted octanol–water partition coefficient (Wildman–Crippen LogP) is 1.89. The molecule has 0 saturated carbocycles. The van der Waals surface area contributed by atoms with Gasteiger partial charge in [0.2, 0.25) is 5.91 Å². The molecule has 1 unspecified atom stereocenters. The minimum absolute atomic E-state index is 0.00245. The number of hydrogen-bond donors (Lipinski definition) is 2. The van der Waals surface area contributed by atoms with Crippen LogP contribution in [0.4, 0.5) is 5.13 Å². The number of anilines is 1. The van der Waals surface area contributed by atoms with Crippen LogP contribution in [-0.4, -0.2) is 79.8 Å². The summed E-state index contributed by atoms with van der Waals surface area (Å²) in [6.45, 7) is 1.84. The zero-order valence-electron chi connectivity index (χ0n) is 18.3. The van der Waals surface area contributed by atoms with E-state index < -0.39 is 10.0 Å². The van der Waals surface area contributed by atoms with Gasteiger partial charge in [0.25, 0.3) is 10.0 Å². The number of sulfonamides is 1. The number of carbonyl (C=O) groups is 1. The second kappa shape index (κ2) is 8.55. The Morgan fingerprint density at radius 3 is 2.70 bits per heavy atom. The Morgan fingerprint density at radius 2 is 1.97 bits per heavy atom. The highest BCUT2D eigenvalue weighted by Gasteiger charge is 2.35. The first kappa shape index (κ1) is 22.6. The summed E-state index contributed by atoms with van der Waals surface area (Å²) in [7, 11) is 0.226. The Morgan fingerprint density at radius 1 is 1.21 bits per heavy atom. The van der Waals surface area contributed by atoms with Gasteiger partial charge in [0.1, 0.15) is 5.03 Å². The molecule has 1 aromatic carbocycles. The number of hydrogen-bond acceptors (Lipinski definition) is 7. The van der Waals surface area contributed by atoms with Gasteiger partial charge in [0, 0.05) is 74.0 Å². The first-order valence-electron chi connectivity index (χ1n) is 10.7. The maximum absolute atomic E-state index is 13.1. The molecule has 2 aliphatic rings. The molecule has 1 atom stereocenters. The van der Waals surface area contributed by atoms with Gasteiger partial charge in [-0.1, -0.05) is 11.6 Å². The van der Waals surface area contributed by atoms with Crippen LogP contribution in [0, 0.1) is 0 Å². The molecule has 2 aliphatic heterocycles. The molecule has 0 aliphatic carbocycles. The van der Waals surface area contributed by atoms with E-state index in [4.69, 9.17) is 11.6 Å². The third kappa shape index (κ3) is 4.24. The van der Waals surface area contributed by atoms with Gasteiger partial charge in [-0.05, 0) is 24.3 Å². The van der Waals surface area contributed by atoms with E-state index in [1.165, 1.54) is 9.18 Å². The van der Waals surface area contributed by atoms with Gasteiger partial charge in [-0.25, -0.2) is 13.4 Å². The molecule has 0 spiro atoms. The molecule has 0 bridgehead atoms. The van der Waals surface area contributed by atoms with E-state index in [1.807, 2.05) is 19.0 Å². The van der Waals surface area contributed by atoms with E-state index in [0.717, 1.165) is 16.2 Å². The third-order valence-corrected chi connectivity index (χ3v) is 9.40. The van der Waals surface area contributed by atoms with Crippen molar-refractivity contribution in [1.82, 2.24) is 24.5 Å². The van der Waals surface area contributed by atoms with E-state index in [2.05, 4.69) is 15.3 Å². The largest absolute Gasteiger partial charge is 0.354 e. The Hall–Kier alpha value is -2.18. The lowest BCUT2D eigenvalue weighted by atomic mass is 10.0. The highest BCUT2D eigenvalue weighted by atomic mass is 35.5. The number of thiazole rings is 1. The summed E-state index contributed by atoms with van der Waals surface area (Å²) in [6.07, 6.45) is 0.550. The van der Waals surface area contributed by atoms with Gasteiger partial charge < -0.3 is 20.1 Å². The molecule has 176 valence electrons. The SMILES string of the molecule is CN(C)c1nc2c(s1)CNC(C(=O)N1CCN(S(=O)(=O)c3cc4cc(Cl)ccc4[nH]3)CC1)C2. The number of carbonyl (C=O) groups excluding carboxylic acids is 1. The number of aromatic amines is 1. The number of fused-ring (bicyclic) bond motifs is 2. The van der Waals surface area contributed by atoms with Crippen molar-refractivity contribution in [3.05, 3.63) is 39.9 Å². The smallest absolute Gasteiger partial charge is 0.258 e. The van der Waals surface area contributed by atoms with Crippen LogP contribution in [0.25, 0.3) is 10.9 Å². The molecule has 9 nitrogen and oxygen atoms in total. The monoisotopic (exact) mass is 508 g/mol. The number of H-pyrrole nitrogens is 1. The fourth-order valence-electron chi connectivity index (χ4n) is 4.24. The zero-order valence-corrected chi connectivity index (χ0v) is 20.7. The second-order valence-electron chi connectivity index (χ2n) is 8.49. The number of amides is 1. The Kier molecular flexibility index (Phi) is 5.86. The van der Waals surface area contributed by atoms with Crippen LogP contribution >= 0.6 is 22.9 Å². The predicted molar refractivity (Wildman–Crippen MR) is 129 cm³/mol. The minimum atomic E-state index is -3.69. The molecule has 1 saturated heterocycles. The number of nitrogens with one attached hydrogen (secondary N) is 2. The Labute approximate surface area is 201 Å². The van der Waals surface area contributed by atoms with E-state index in [1.54, 1.807) is 40.5 Å². The summed E-state index contributed by atoms with van der Waals surface area (Å²) in [5, 5.41) is 5.70. The summed E-state index contributed by atoms with van der Waals surface area (Å²) < 4.78 is 27.7. The van der Waals surface area contributed by atoms with Gasteiger partial charge in [-0.3, -0.25) is 4.79 Å². The van der Waals surface area contributed by atoms with E-state index in [0.29, 0.717) is 36.6 Å². The fraction of sp³-hybridized carbons (Fsp3) is 0.429. The summed E-state index contributed by atoms with van der Waals surface area (Å²) in [4.78, 5) is 25.6. The van der Waals surface area contributed by atoms with Crippen LogP contribution in [-0.2, 0) is 27.8 Å². The maximum Gasteiger partial charge on any atom is 0.258 e. The van der Waals surface area contributed by atoms with Crippen molar-refractivity contribution in [3.63, 3.8) is 0 Å². The molecule has 5 rings (SSSR count). The number of nitrogens with zero attached hydrogens (tertiary/aromatic N) is 4. The number of aromatic nitrogens is 2. The molecular formula is C21H25ClN6O3S2. The molecule has 1 amide bonds. The lowest BCUT2D eigenvalue weighted by Crippen LogP contribution is -2.56. The van der Waals surface area contributed by atoms with Crippen LogP contribution in [0.3, 0.4) is 0 Å². The molecule has 0 radical (unpaired) electrons. The van der Waals surface area contributed by atoms with Crippen molar-refractivity contribution in [2.45, 2.75) is 24.0 Å². The van der Waals surface area contributed by atoms with Crippen molar-refractivity contribution < 1.29 is 13.2 Å². The average Bonchev–Trinajstić information content (AvgIpc) is 3.42. The third-order valence-electron chi connectivity index (χ3n) is 6.08. The van der Waals surface area contributed by atoms with Crippen LogP contribution in [0.2, 0.25) is 5.02 Å². The quantitative estimate of drug-likeness (QED) is 0.558. The van der Waals surface area contributed by atoms with E-state index >= 15 is 0 Å². The van der Waals surface area contributed by atoms with Gasteiger partial charge >= 0.3 is 0 Å². The van der Waals surface area contributed by atoms with Crippen LogP contribution in [0.15, 0.2) is 29.3 Å². The molecule has 2 aromatic heterocycles. The van der Waals surface area contributed by atoms with Crippen LogP contribution in [0.1, 0.15) is 10.6 Å². The van der Waals surface area contributed by atoms with Crippen molar-refractivity contribution in [3.8, 4) is 0 Å². The highest BCUT2D eigenvalue weighted by Crippen LogP contribution is 2.29. The number of halogens is 1. The van der Waals surface area contributed by atoms with Crippen LogP contribution in [0.5, 0.6) is 0 Å². The molecule has 4 heterocycles. The fourth-order valence-corrected chi connectivity index (χ4v) is 6.82. The average molecular weight is 509 g/mol. The second-order valence-corrected chi connectivity index (χ2v) is 11.9. The first-order chi connectivity index (χ1) is 15.7. The normalized spacial score (nSPS) is 19.6. The Bertz CT molecular complexity index is 1310. The lowest BCUT2D eigenvalue weighted by Gasteiger charge is -2.36. The van der Waals surface area contributed by atoms with Gasteiger partial charge in [0.05, 0.1) is 11.7 Å². The van der Waals surface area contributed by atoms with Crippen molar-refractivity contribution in [2.75, 3.05) is 45.2 Å². The topological polar surface area (TPSA) is 102 Å². The molecule has 12 heteroatoms. The Balaban J connectivity index is 1.24. The summed E-state index contributed by atoms with van der Waals surface area (Å²) >= 11 is 7.66. The van der Waals surface area contributed by atoms with Gasteiger partial charge in [-0.2, -0.15) is 4.31 Å². The molecule has 2 N–H and O–H groups in total. The summed E-state index contributed by atoms with van der Waals surface area (Å²) in [5.74, 6) is -0.00245. The molecule has 33 heavy (non-hydrogen) atoms. The van der Waals surface area contributed by atoms with Crippen molar-refractivity contribution >= 4 is 54.9 Å². The number of benzene rings is 1. The molecule has 3 aromatic rings. The lowest BCUT2D eigenvalue weighted by molar-refractivity contribution is -0.134. The van der Waals surface area contributed by atoms with E-state index in [-0.39, 0.29) is 30.1 Å². The van der Waals surface area contributed by atoms with Crippen molar-refractivity contribution in [1.29, 1.82) is 0 Å². The molecule has 1 fully saturated rings. The number of piperazine rings is 1. The summed E-state index contributed by atoms with van der Waals surface area (Å²) in [5.41, 5.74) is 1.69. The number of rotatable bonds is 4. The molecular weight excluding hydrogens is 484 g/mol. The minimum Gasteiger partial charge on any atom is -0.354 e. The summed E-state index contributed by atoms with van der Waals surface area (Å²) in [6, 6.07) is 6.48. The highest BCUT2D eigenvalue weighted by molar-refractivity contribution is 7.89. The maximum atomic E-state index is 13.1. The van der Waals surface area contributed by atoms with Crippen molar-refractivity contribution in [2.24, 2.45) is 0 Å².